The molecule has 0 spiro atoms. The fourth-order valence-electron chi connectivity index (χ4n) is 2.41. The first-order valence-corrected chi connectivity index (χ1v) is 8.46. The fraction of sp³-hybridized carbons (Fsp3) is 0.211. The smallest absolute Gasteiger partial charge is 0.326 e. The Labute approximate surface area is 163 Å². The quantitative estimate of drug-likeness (QED) is 0.712. The molecule has 1 heterocycles. The van der Waals surface area contributed by atoms with Crippen molar-refractivity contribution in [3.8, 4) is 11.5 Å². The van der Waals surface area contributed by atoms with Gasteiger partial charge in [0.15, 0.2) is 17.6 Å². The second-order valence-electron chi connectivity index (χ2n) is 6.00. The minimum Gasteiger partial charge on any atom is -0.454 e. The minimum atomic E-state index is -1.27. The summed E-state index contributed by atoms with van der Waals surface area (Å²) in [6.07, 6.45) is -1.27. The number of esters is 1. The Morgan fingerprint density at radius 2 is 1.86 bits per heavy atom. The highest BCUT2D eigenvalue weighted by molar-refractivity contribution is 5.97. The number of halogens is 2. The van der Waals surface area contributed by atoms with Crippen molar-refractivity contribution in [3.05, 3.63) is 53.6 Å². The molecule has 2 aromatic rings. The lowest BCUT2D eigenvalue weighted by molar-refractivity contribution is -0.152. The van der Waals surface area contributed by atoms with Crippen LogP contribution in [0.5, 0.6) is 11.5 Å². The molecule has 2 amide bonds. The van der Waals surface area contributed by atoms with E-state index < -0.39 is 42.1 Å². The average molecular weight is 406 g/mol. The Morgan fingerprint density at radius 3 is 2.62 bits per heavy atom. The highest BCUT2D eigenvalue weighted by Crippen LogP contribution is 2.32. The maximum absolute atomic E-state index is 13.6. The number of hydrogen-bond acceptors (Lipinski definition) is 6. The van der Waals surface area contributed by atoms with Crippen LogP contribution in [0, 0.1) is 11.6 Å². The topological polar surface area (TPSA) is 103 Å². The molecule has 1 aliphatic rings. The molecule has 1 unspecified atom stereocenters. The second kappa shape index (κ2) is 8.55. The van der Waals surface area contributed by atoms with Crippen molar-refractivity contribution in [1.82, 2.24) is 5.32 Å². The summed E-state index contributed by atoms with van der Waals surface area (Å²) in [5.74, 6) is -3.07. The van der Waals surface area contributed by atoms with Gasteiger partial charge in [-0.3, -0.25) is 14.4 Å². The van der Waals surface area contributed by atoms with Gasteiger partial charge in [0.25, 0.3) is 11.8 Å². The van der Waals surface area contributed by atoms with Gasteiger partial charge in [-0.1, -0.05) is 0 Å². The second-order valence-corrected chi connectivity index (χ2v) is 6.00. The van der Waals surface area contributed by atoms with Gasteiger partial charge in [-0.05, 0) is 37.3 Å². The first kappa shape index (κ1) is 20.1. The number of nitrogens with one attached hydrogen (secondary N) is 2. The molecule has 1 aliphatic heterocycles. The first-order valence-electron chi connectivity index (χ1n) is 8.46. The van der Waals surface area contributed by atoms with Crippen LogP contribution in [-0.2, 0) is 14.3 Å². The van der Waals surface area contributed by atoms with Crippen molar-refractivity contribution >= 4 is 23.5 Å². The molecule has 0 saturated carbocycles. The molecule has 0 aromatic heterocycles. The number of hydrogen-bond donors (Lipinski definition) is 2. The van der Waals surface area contributed by atoms with Gasteiger partial charge >= 0.3 is 5.97 Å². The van der Waals surface area contributed by atoms with Gasteiger partial charge in [0.2, 0.25) is 6.79 Å². The fourth-order valence-corrected chi connectivity index (χ4v) is 2.41. The van der Waals surface area contributed by atoms with Gasteiger partial charge in [0.05, 0.1) is 5.69 Å². The largest absolute Gasteiger partial charge is 0.454 e. The van der Waals surface area contributed by atoms with Crippen LogP contribution in [0.4, 0.5) is 14.5 Å². The molecule has 8 nitrogen and oxygen atoms in total. The van der Waals surface area contributed by atoms with Crippen LogP contribution in [0.1, 0.15) is 17.3 Å². The molecule has 0 bridgehead atoms. The molecule has 29 heavy (non-hydrogen) atoms. The van der Waals surface area contributed by atoms with E-state index in [0.29, 0.717) is 17.6 Å². The van der Waals surface area contributed by atoms with E-state index in [-0.39, 0.29) is 18.0 Å². The van der Waals surface area contributed by atoms with E-state index in [1.165, 1.54) is 19.1 Å². The van der Waals surface area contributed by atoms with Gasteiger partial charge in [-0.15, -0.1) is 0 Å². The molecular formula is C19H16F2N2O6. The number of carbonyl (C=O) groups is 3. The number of anilines is 1. The summed E-state index contributed by atoms with van der Waals surface area (Å²) in [6, 6.07) is 7.16. The zero-order valence-electron chi connectivity index (χ0n) is 15.2. The summed E-state index contributed by atoms with van der Waals surface area (Å²) in [6.45, 7) is 0.846. The predicted octanol–water partition coefficient (Wildman–Crippen LogP) is 1.99. The molecular weight excluding hydrogens is 390 g/mol. The molecule has 0 radical (unpaired) electrons. The normalized spacial score (nSPS) is 12.8. The van der Waals surface area contributed by atoms with Gasteiger partial charge in [0.1, 0.15) is 18.2 Å². The predicted molar refractivity (Wildman–Crippen MR) is 95.4 cm³/mol. The lowest BCUT2D eigenvalue weighted by atomic mass is 10.2. The summed E-state index contributed by atoms with van der Waals surface area (Å²) in [5, 5.41) is 4.54. The van der Waals surface area contributed by atoms with Crippen LogP contribution in [0.2, 0.25) is 0 Å². The average Bonchev–Trinajstić information content (AvgIpc) is 3.16. The summed E-state index contributed by atoms with van der Waals surface area (Å²) in [4.78, 5) is 36.0. The first-order chi connectivity index (χ1) is 13.8. The summed E-state index contributed by atoms with van der Waals surface area (Å²) >= 11 is 0. The van der Waals surface area contributed by atoms with E-state index in [1.807, 2.05) is 0 Å². The Balaban J connectivity index is 1.48. The number of amides is 2. The van der Waals surface area contributed by atoms with Gasteiger partial charge < -0.3 is 24.8 Å². The Kier molecular flexibility index (Phi) is 5.91. The third-order valence-electron chi connectivity index (χ3n) is 3.89. The number of carbonyl (C=O) groups excluding carboxylic acids is 3. The van der Waals surface area contributed by atoms with Crippen LogP contribution in [0.15, 0.2) is 36.4 Å². The van der Waals surface area contributed by atoms with E-state index in [4.69, 9.17) is 14.2 Å². The zero-order chi connectivity index (χ0) is 21.0. The van der Waals surface area contributed by atoms with Crippen molar-refractivity contribution in [2.75, 3.05) is 18.7 Å². The van der Waals surface area contributed by atoms with Gasteiger partial charge in [-0.2, -0.15) is 0 Å². The molecule has 0 fully saturated rings. The van der Waals surface area contributed by atoms with Crippen LogP contribution in [0.3, 0.4) is 0 Å². The van der Waals surface area contributed by atoms with E-state index in [9.17, 15) is 23.2 Å². The molecule has 3 rings (SSSR count). The molecule has 2 N–H and O–H groups in total. The highest BCUT2D eigenvalue weighted by Gasteiger charge is 2.21. The van der Waals surface area contributed by atoms with E-state index in [0.717, 1.165) is 12.1 Å². The van der Waals surface area contributed by atoms with Crippen LogP contribution in [0.25, 0.3) is 0 Å². The van der Waals surface area contributed by atoms with Crippen molar-refractivity contribution < 1.29 is 37.4 Å². The molecule has 2 aromatic carbocycles. The van der Waals surface area contributed by atoms with Crippen molar-refractivity contribution in [2.24, 2.45) is 0 Å². The lowest BCUT2D eigenvalue weighted by Crippen LogP contribution is -2.36. The maximum atomic E-state index is 13.6. The van der Waals surface area contributed by atoms with Gasteiger partial charge in [-0.25, -0.2) is 8.78 Å². The third-order valence-corrected chi connectivity index (χ3v) is 3.89. The Bertz CT molecular complexity index is 966. The SMILES string of the molecule is CC(OC(=O)CNC(=O)c1ccc2c(c1)OCO2)C(=O)Nc1ccc(F)cc1F. The minimum absolute atomic E-state index is 0.0640. The van der Waals surface area contributed by atoms with E-state index >= 15 is 0 Å². The number of rotatable bonds is 6. The van der Waals surface area contributed by atoms with Crippen molar-refractivity contribution in [3.63, 3.8) is 0 Å². The Hall–Kier alpha value is -3.69. The third kappa shape index (κ3) is 4.98. The van der Waals surface area contributed by atoms with Crippen molar-refractivity contribution in [2.45, 2.75) is 13.0 Å². The monoisotopic (exact) mass is 406 g/mol. The summed E-state index contributed by atoms with van der Waals surface area (Å²) in [7, 11) is 0. The Morgan fingerprint density at radius 1 is 1.10 bits per heavy atom. The zero-order valence-corrected chi connectivity index (χ0v) is 15.2. The summed E-state index contributed by atoms with van der Waals surface area (Å²) < 4.78 is 41.7. The van der Waals surface area contributed by atoms with Crippen LogP contribution < -0.4 is 20.1 Å². The van der Waals surface area contributed by atoms with E-state index in [2.05, 4.69) is 10.6 Å². The van der Waals surface area contributed by atoms with Crippen LogP contribution in [-0.4, -0.2) is 37.2 Å². The standard InChI is InChI=1S/C19H16F2N2O6/c1-10(18(25)23-14-4-3-12(20)7-13(14)21)29-17(24)8-22-19(26)11-2-5-15-16(6-11)28-9-27-15/h2-7,10H,8-9H2,1H3,(H,22,26)(H,23,25). The molecule has 152 valence electrons. The number of ether oxygens (including phenoxy) is 3. The maximum Gasteiger partial charge on any atom is 0.326 e. The molecule has 10 heteroatoms. The number of benzene rings is 2. The highest BCUT2D eigenvalue weighted by atomic mass is 19.1. The molecule has 1 atom stereocenters. The van der Waals surface area contributed by atoms with E-state index in [1.54, 1.807) is 6.07 Å². The van der Waals surface area contributed by atoms with Crippen LogP contribution >= 0.6 is 0 Å². The van der Waals surface area contributed by atoms with Crippen molar-refractivity contribution in [1.29, 1.82) is 0 Å². The lowest BCUT2D eigenvalue weighted by Gasteiger charge is -2.14. The molecule has 0 saturated heterocycles. The summed E-state index contributed by atoms with van der Waals surface area (Å²) in [5.41, 5.74) is -0.00460. The number of fused-ring (bicyclic) bond motifs is 1. The molecule has 0 aliphatic carbocycles. The van der Waals surface area contributed by atoms with Gasteiger partial charge in [0, 0.05) is 11.6 Å².